The molecule has 112 valence electrons. The van der Waals surface area contributed by atoms with Gasteiger partial charge >= 0.3 is 0 Å². The minimum Gasteiger partial charge on any atom is -0.493 e. The molecule has 0 aromatic heterocycles. The maximum absolute atomic E-state index is 5.77. The highest BCUT2D eigenvalue weighted by atomic mass is 79.9. The molecule has 2 aromatic carbocycles. The van der Waals surface area contributed by atoms with Crippen molar-refractivity contribution in [1.29, 1.82) is 0 Å². The fourth-order valence-corrected chi connectivity index (χ4v) is 2.22. The molecule has 0 radical (unpaired) electrons. The van der Waals surface area contributed by atoms with Crippen molar-refractivity contribution in [2.24, 2.45) is 5.73 Å². The topological polar surface area (TPSA) is 44.5 Å². The van der Waals surface area contributed by atoms with Crippen LogP contribution in [0.15, 0.2) is 46.9 Å². The highest BCUT2D eigenvalue weighted by molar-refractivity contribution is 9.10. The number of nitrogens with two attached hydrogens (primary N) is 1. The summed E-state index contributed by atoms with van der Waals surface area (Å²) in [5.74, 6) is 1.78. The average molecular weight is 350 g/mol. The summed E-state index contributed by atoms with van der Waals surface area (Å²) in [4.78, 5) is 0. The van der Waals surface area contributed by atoms with E-state index in [-0.39, 0.29) is 0 Å². The zero-order valence-electron chi connectivity index (χ0n) is 12.1. The third kappa shape index (κ3) is 5.06. The Morgan fingerprint density at radius 3 is 2.43 bits per heavy atom. The van der Waals surface area contributed by atoms with Crippen LogP contribution in [0.3, 0.4) is 0 Å². The summed E-state index contributed by atoms with van der Waals surface area (Å²) < 4.78 is 12.5. The van der Waals surface area contributed by atoms with Gasteiger partial charge in [0.15, 0.2) is 0 Å². The van der Waals surface area contributed by atoms with E-state index in [1.54, 1.807) is 0 Å². The first-order valence-corrected chi connectivity index (χ1v) is 7.79. The van der Waals surface area contributed by atoms with E-state index >= 15 is 0 Å². The zero-order chi connectivity index (χ0) is 15.1. The zero-order valence-corrected chi connectivity index (χ0v) is 13.7. The molecule has 0 saturated heterocycles. The van der Waals surface area contributed by atoms with E-state index in [1.165, 1.54) is 0 Å². The lowest BCUT2D eigenvalue weighted by atomic mass is 10.2. The van der Waals surface area contributed by atoms with Crippen LogP contribution in [0, 0.1) is 6.92 Å². The largest absolute Gasteiger partial charge is 0.493 e. The quantitative estimate of drug-likeness (QED) is 0.766. The van der Waals surface area contributed by atoms with Gasteiger partial charge in [0.25, 0.3) is 0 Å². The maximum atomic E-state index is 5.77. The smallest absolute Gasteiger partial charge is 0.123 e. The Balaban J connectivity index is 1.71. The van der Waals surface area contributed by atoms with Crippen molar-refractivity contribution >= 4 is 15.9 Å². The highest BCUT2D eigenvalue weighted by Gasteiger charge is 2.00. The lowest BCUT2D eigenvalue weighted by Crippen LogP contribution is -2.05. The molecule has 0 heterocycles. The number of aryl methyl sites for hydroxylation is 1. The van der Waals surface area contributed by atoms with Crippen LogP contribution in [-0.2, 0) is 6.54 Å². The van der Waals surface area contributed by atoms with E-state index in [9.17, 15) is 0 Å². The SMILES string of the molecule is Cc1ccc(Br)cc1OCCCOc1ccc(CN)cc1. The van der Waals surface area contributed by atoms with E-state index in [0.29, 0.717) is 19.8 Å². The molecule has 3 nitrogen and oxygen atoms in total. The van der Waals surface area contributed by atoms with Gasteiger partial charge in [-0.15, -0.1) is 0 Å². The summed E-state index contributed by atoms with van der Waals surface area (Å²) in [7, 11) is 0. The Hall–Kier alpha value is -1.52. The molecule has 2 aromatic rings. The van der Waals surface area contributed by atoms with Gasteiger partial charge in [-0.05, 0) is 42.3 Å². The van der Waals surface area contributed by atoms with Gasteiger partial charge in [-0.3, -0.25) is 0 Å². The summed E-state index contributed by atoms with van der Waals surface area (Å²) in [5, 5.41) is 0. The molecule has 0 unspecified atom stereocenters. The van der Waals surface area contributed by atoms with Gasteiger partial charge in [0, 0.05) is 17.4 Å². The molecular weight excluding hydrogens is 330 g/mol. The molecular formula is C17H20BrNO2. The molecule has 0 saturated carbocycles. The fraction of sp³-hybridized carbons (Fsp3) is 0.294. The second kappa shape index (κ2) is 8.05. The van der Waals surface area contributed by atoms with Crippen molar-refractivity contribution < 1.29 is 9.47 Å². The molecule has 0 spiro atoms. The maximum Gasteiger partial charge on any atom is 0.123 e. The van der Waals surface area contributed by atoms with Crippen LogP contribution in [0.2, 0.25) is 0 Å². The standard InChI is InChI=1S/C17H20BrNO2/c1-13-3-6-15(18)11-17(13)21-10-2-9-20-16-7-4-14(12-19)5-8-16/h3-8,11H,2,9-10,12,19H2,1H3. The van der Waals surface area contributed by atoms with Crippen LogP contribution in [0.25, 0.3) is 0 Å². The van der Waals surface area contributed by atoms with Crippen molar-refractivity contribution in [3.8, 4) is 11.5 Å². The Bertz CT molecular complexity index is 570. The Morgan fingerprint density at radius 2 is 1.71 bits per heavy atom. The lowest BCUT2D eigenvalue weighted by molar-refractivity contribution is 0.246. The first kappa shape index (κ1) is 15.9. The van der Waals surface area contributed by atoms with Crippen molar-refractivity contribution in [2.45, 2.75) is 19.9 Å². The van der Waals surface area contributed by atoms with Crippen molar-refractivity contribution in [2.75, 3.05) is 13.2 Å². The molecule has 2 N–H and O–H groups in total. The van der Waals surface area contributed by atoms with Crippen LogP contribution in [0.1, 0.15) is 17.5 Å². The van der Waals surface area contributed by atoms with E-state index in [0.717, 1.165) is 33.5 Å². The summed E-state index contributed by atoms with van der Waals surface area (Å²) in [6.45, 7) is 3.87. The first-order valence-electron chi connectivity index (χ1n) is 7.00. The minimum absolute atomic E-state index is 0.556. The number of benzene rings is 2. The van der Waals surface area contributed by atoms with E-state index in [1.807, 2.05) is 49.4 Å². The molecule has 0 aliphatic heterocycles. The average Bonchev–Trinajstić information content (AvgIpc) is 2.51. The van der Waals surface area contributed by atoms with Gasteiger partial charge in [-0.1, -0.05) is 34.1 Å². The van der Waals surface area contributed by atoms with Gasteiger partial charge in [-0.25, -0.2) is 0 Å². The van der Waals surface area contributed by atoms with E-state index in [2.05, 4.69) is 15.9 Å². The Morgan fingerprint density at radius 1 is 1.00 bits per heavy atom. The van der Waals surface area contributed by atoms with Crippen LogP contribution in [-0.4, -0.2) is 13.2 Å². The van der Waals surface area contributed by atoms with E-state index in [4.69, 9.17) is 15.2 Å². The third-order valence-electron chi connectivity index (χ3n) is 3.12. The molecule has 21 heavy (non-hydrogen) atoms. The van der Waals surface area contributed by atoms with Gasteiger partial charge in [0.1, 0.15) is 11.5 Å². The summed E-state index contributed by atoms with van der Waals surface area (Å²) in [6.07, 6.45) is 0.838. The second-order valence-corrected chi connectivity index (χ2v) is 5.72. The van der Waals surface area contributed by atoms with Crippen molar-refractivity contribution in [3.63, 3.8) is 0 Å². The lowest BCUT2D eigenvalue weighted by Gasteiger charge is -2.10. The second-order valence-electron chi connectivity index (χ2n) is 4.81. The molecule has 0 aliphatic carbocycles. The van der Waals surface area contributed by atoms with Gasteiger partial charge in [0.2, 0.25) is 0 Å². The molecule has 0 atom stereocenters. The first-order chi connectivity index (χ1) is 10.2. The Kier molecular flexibility index (Phi) is 6.08. The third-order valence-corrected chi connectivity index (χ3v) is 3.62. The van der Waals surface area contributed by atoms with E-state index < -0.39 is 0 Å². The van der Waals surface area contributed by atoms with Crippen molar-refractivity contribution in [1.82, 2.24) is 0 Å². The summed E-state index contributed by atoms with van der Waals surface area (Å²) in [6, 6.07) is 13.9. The molecule has 0 fully saturated rings. The van der Waals surface area contributed by atoms with Gasteiger partial charge in [-0.2, -0.15) is 0 Å². The highest BCUT2D eigenvalue weighted by Crippen LogP contribution is 2.23. The number of hydrogen-bond acceptors (Lipinski definition) is 3. The Labute approximate surface area is 134 Å². The van der Waals surface area contributed by atoms with Crippen LogP contribution in [0.4, 0.5) is 0 Å². The predicted molar refractivity (Wildman–Crippen MR) is 88.8 cm³/mol. The van der Waals surface area contributed by atoms with Crippen LogP contribution >= 0.6 is 15.9 Å². The fourth-order valence-electron chi connectivity index (χ4n) is 1.88. The predicted octanol–water partition coefficient (Wildman–Crippen LogP) is 4.06. The normalized spacial score (nSPS) is 10.4. The van der Waals surface area contributed by atoms with Crippen molar-refractivity contribution in [3.05, 3.63) is 58.1 Å². The number of hydrogen-bond donors (Lipinski definition) is 1. The number of ether oxygens (including phenoxy) is 2. The minimum atomic E-state index is 0.556. The van der Waals surface area contributed by atoms with Crippen LogP contribution in [0.5, 0.6) is 11.5 Å². The molecule has 2 rings (SSSR count). The molecule has 4 heteroatoms. The monoisotopic (exact) mass is 349 g/mol. The molecule has 0 aliphatic rings. The van der Waals surface area contributed by atoms with Crippen LogP contribution < -0.4 is 15.2 Å². The van der Waals surface area contributed by atoms with Gasteiger partial charge in [0.05, 0.1) is 13.2 Å². The number of rotatable bonds is 7. The summed E-state index contributed by atoms with van der Waals surface area (Å²) >= 11 is 3.45. The summed E-state index contributed by atoms with van der Waals surface area (Å²) in [5.41, 5.74) is 7.80. The molecule has 0 bridgehead atoms. The number of halogens is 1. The molecule has 0 amide bonds. The van der Waals surface area contributed by atoms with Gasteiger partial charge < -0.3 is 15.2 Å².